The van der Waals surface area contributed by atoms with E-state index in [2.05, 4.69) is 27.9 Å². The van der Waals surface area contributed by atoms with Crippen molar-refractivity contribution in [2.24, 2.45) is 0 Å². The van der Waals surface area contributed by atoms with Gasteiger partial charge in [0.15, 0.2) is 0 Å². The molecule has 1 N–H and O–H groups in total. The van der Waals surface area contributed by atoms with Crippen LogP contribution < -0.4 is 0 Å². The van der Waals surface area contributed by atoms with E-state index < -0.39 is 0 Å². The molecule has 0 radical (unpaired) electrons. The molecule has 4 heteroatoms. The van der Waals surface area contributed by atoms with E-state index in [1.54, 1.807) is 23.9 Å². The molecule has 1 aromatic heterocycles. The number of fused-ring (bicyclic) bond motifs is 1. The Morgan fingerprint density at radius 2 is 1.90 bits per heavy atom. The van der Waals surface area contributed by atoms with Crippen LogP contribution in [0.25, 0.3) is 10.9 Å². The number of H-pyrrole nitrogens is 1. The average molecular weight is 297 g/mol. The summed E-state index contributed by atoms with van der Waals surface area (Å²) in [5.74, 6) is 0.554. The van der Waals surface area contributed by atoms with Crippen LogP contribution in [0.5, 0.6) is 0 Å². The number of ether oxygens (including phenoxy) is 1. The van der Waals surface area contributed by atoms with Gasteiger partial charge in [0.1, 0.15) is 0 Å². The molecule has 1 heterocycles. The van der Waals surface area contributed by atoms with Crippen molar-refractivity contribution in [2.75, 3.05) is 7.11 Å². The SMILES string of the molecule is COC(=O)c1ccc(CSc2cc3ccccc3[nH]2)cc1. The Hall–Kier alpha value is -2.20. The second-order valence-electron chi connectivity index (χ2n) is 4.70. The van der Waals surface area contributed by atoms with Gasteiger partial charge in [-0.15, -0.1) is 11.8 Å². The summed E-state index contributed by atoms with van der Waals surface area (Å²) in [6, 6.07) is 17.9. The number of thioether (sulfide) groups is 1. The third-order valence-electron chi connectivity index (χ3n) is 3.27. The molecule has 0 saturated carbocycles. The van der Waals surface area contributed by atoms with Crippen LogP contribution in [0.4, 0.5) is 0 Å². The lowest BCUT2D eigenvalue weighted by molar-refractivity contribution is 0.0600. The summed E-state index contributed by atoms with van der Waals surface area (Å²) >= 11 is 1.75. The number of aromatic amines is 1. The first-order valence-electron chi connectivity index (χ1n) is 6.64. The van der Waals surface area contributed by atoms with Gasteiger partial charge in [0.05, 0.1) is 17.7 Å². The van der Waals surface area contributed by atoms with Gasteiger partial charge in [0.25, 0.3) is 0 Å². The molecule has 106 valence electrons. The highest BCUT2D eigenvalue weighted by atomic mass is 32.2. The number of para-hydroxylation sites is 1. The number of hydrogen-bond donors (Lipinski definition) is 1. The van der Waals surface area contributed by atoms with Gasteiger partial charge in [0, 0.05) is 16.7 Å². The Morgan fingerprint density at radius 1 is 1.14 bits per heavy atom. The van der Waals surface area contributed by atoms with Crippen LogP contribution in [0.15, 0.2) is 59.6 Å². The zero-order valence-corrected chi connectivity index (χ0v) is 12.4. The Kier molecular flexibility index (Phi) is 3.97. The third kappa shape index (κ3) is 3.11. The van der Waals surface area contributed by atoms with Crippen LogP contribution in [-0.2, 0) is 10.5 Å². The highest BCUT2D eigenvalue weighted by Gasteiger charge is 2.05. The molecule has 0 aliphatic carbocycles. The summed E-state index contributed by atoms with van der Waals surface area (Å²) < 4.78 is 4.69. The predicted octanol–water partition coefficient (Wildman–Crippen LogP) is 4.25. The highest BCUT2D eigenvalue weighted by Crippen LogP contribution is 2.26. The number of methoxy groups -OCH3 is 1. The monoisotopic (exact) mass is 297 g/mol. The molecule has 2 aromatic carbocycles. The van der Waals surface area contributed by atoms with Gasteiger partial charge < -0.3 is 9.72 Å². The van der Waals surface area contributed by atoms with Crippen molar-refractivity contribution >= 4 is 28.6 Å². The van der Waals surface area contributed by atoms with Crippen molar-refractivity contribution < 1.29 is 9.53 Å². The number of rotatable bonds is 4. The minimum Gasteiger partial charge on any atom is -0.465 e. The third-order valence-corrected chi connectivity index (χ3v) is 4.28. The maximum Gasteiger partial charge on any atom is 0.337 e. The normalized spacial score (nSPS) is 10.7. The molecule has 21 heavy (non-hydrogen) atoms. The van der Waals surface area contributed by atoms with E-state index >= 15 is 0 Å². The first kappa shape index (κ1) is 13.8. The summed E-state index contributed by atoms with van der Waals surface area (Å²) in [5.41, 5.74) is 2.91. The van der Waals surface area contributed by atoms with Crippen molar-refractivity contribution in [3.8, 4) is 0 Å². The number of benzene rings is 2. The lowest BCUT2D eigenvalue weighted by atomic mass is 10.1. The predicted molar refractivity (Wildman–Crippen MR) is 85.6 cm³/mol. The number of nitrogens with one attached hydrogen (secondary N) is 1. The number of aromatic nitrogens is 1. The van der Waals surface area contributed by atoms with E-state index in [4.69, 9.17) is 0 Å². The van der Waals surface area contributed by atoms with Crippen LogP contribution in [0, 0.1) is 0 Å². The zero-order chi connectivity index (χ0) is 14.7. The Labute approximate surface area is 127 Å². The first-order valence-corrected chi connectivity index (χ1v) is 7.62. The number of esters is 1. The second kappa shape index (κ2) is 6.06. The van der Waals surface area contributed by atoms with Crippen LogP contribution >= 0.6 is 11.8 Å². The molecule has 0 unspecified atom stereocenters. The quantitative estimate of drug-likeness (QED) is 0.578. The summed E-state index contributed by atoms with van der Waals surface area (Å²) in [5, 5.41) is 2.37. The lowest BCUT2D eigenvalue weighted by Crippen LogP contribution is -2.00. The molecule has 0 aliphatic rings. The van der Waals surface area contributed by atoms with Crippen molar-refractivity contribution in [3.63, 3.8) is 0 Å². The standard InChI is InChI=1S/C17H15NO2S/c1-20-17(19)13-8-6-12(7-9-13)11-21-16-10-14-4-2-3-5-15(14)18-16/h2-10,18H,11H2,1H3. The maximum atomic E-state index is 11.4. The molecule has 0 atom stereocenters. The van der Waals surface area contributed by atoms with E-state index in [-0.39, 0.29) is 5.97 Å². The number of carbonyl (C=O) groups is 1. The van der Waals surface area contributed by atoms with E-state index in [1.807, 2.05) is 24.3 Å². The van der Waals surface area contributed by atoms with Crippen LogP contribution in [0.2, 0.25) is 0 Å². The van der Waals surface area contributed by atoms with E-state index in [9.17, 15) is 4.79 Å². The molecular formula is C17H15NO2S. The van der Waals surface area contributed by atoms with Crippen molar-refractivity contribution in [3.05, 3.63) is 65.7 Å². The van der Waals surface area contributed by atoms with Gasteiger partial charge in [-0.05, 0) is 29.8 Å². The van der Waals surface area contributed by atoms with Gasteiger partial charge in [-0.2, -0.15) is 0 Å². The molecule has 3 rings (SSSR count). The summed E-state index contributed by atoms with van der Waals surface area (Å²) in [6.07, 6.45) is 0. The summed E-state index contributed by atoms with van der Waals surface area (Å²) in [7, 11) is 1.39. The van der Waals surface area contributed by atoms with Gasteiger partial charge >= 0.3 is 5.97 Å². The molecule has 3 nitrogen and oxygen atoms in total. The van der Waals surface area contributed by atoms with Crippen molar-refractivity contribution in [1.82, 2.24) is 4.98 Å². The Morgan fingerprint density at radius 3 is 2.62 bits per heavy atom. The first-order chi connectivity index (χ1) is 10.3. The molecule has 3 aromatic rings. The molecule has 0 amide bonds. The molecular weight excluding hydrogens is 282 g/mol. The van der Waals surface area contributed by atoms with Crippen LogP contribution in [0.1, 0.15) is 15.9 Å². The highest BCUT2D eigenvalue weighted by molar-refractivity contribution is 7.98. The van der Waals surface area contributed by atoms with Crippen molar-refractivity contribution in [2.45, 2.75) is 10.8 Å². The molecule has 0 bridgehead atoms. The zero-order valence-electron chi connectivity index (χ0n) is 11.6. The van der Waals surface area contributed by atoms with Gasteiger partial charge in [0.2, 0.25) is 0 Å². The minimum atomic E-state index is -0.301. The fraction of sp³-hybridized carbons (Fsp3) is 0.118. The van der Waals surface area contributed by atoms with E-state index in [0.717, 1.165) is 16.3 Å². The summed E-state index contributed by atoms with van der Waals surface area (Å²) in [6.45, 7) is 0. The fourth-order valence-corrected chi connectivity index (χ4v) is 3.05. The van der Waals surface area contributed by atoms with E-state index in [0.29, 0.717) is 5.56 Å². The van der Waals surface area contributed by atoms with Crippen molar-refractivity contribution in [1.29, 1.82) is 0 Å². The fourth-order valence-electron chi connectivity index (χ4n) is 2.14. The largest absolute Gasteiger partial charge is 0.465 e. The second-order valence-corrected chi connectivity index (χ2v) is 5.72. The Bertz CT molecular complexity index is 729. The minimum absolute atomic E-state index is 0.301. The maximum absolute atomic E-state index is 11.4. The molecule has 0 spiro atoms. The van der Waals surface area contributed by atoms with E-state index in [1.165, 1.54) is 18.1 Å². The van der Waals surface area contributed by atoms with Gasteiger partial charge in [-0.1, -0.05) is 30.3 Å². The smallest absolute Gasteiger partial charge is 0.337 e. The topological polar surface area (TPSA) is 42.1 Å². The van der Waals surface area contributed by atoms with Crippen LogP contribution in [0.3, 0.4) is 0 Å². The summed E-state index contributed by atoms with van der Waals surface area (Å²) in [4.78, 5) is 14.8. The Balaban J connectivity index is 1.68. The van der Waals surface area contributed by atoms with Crippen LogP contribution in [-0.4, -0.2) is 18.1 Å². The molecule has 0 aliphatic heterocycles. The molecule has 0 saturated heterocycles. The number of carbonyl (C=O) groups excluding carboxylic acids is 1. The van der Waals surface area contributed by atoms with Gasteiger partial charge in [-0.3, -0.25) is 0 Å². The number of hydrogen-bond acceptors (Lipinski definition) is 3. The van der Waals surface area contributed by atoms with Gasteiger partial charge in [-0.25, -0.2) is 4.79 Å². The average Bonchev–Trinajstić information content (AvgIpc) is 2.95. The lowest BCUT2D eigenvalue weighted by Gasteiger charge is -2.02. The molecule has 0 fully saturated rings.